The molecule has 0 amide bonds. The van der Waals surface area contributed by atoms with Crippen molar-refractivity contribution in [1.82, 2.24) is 29.5 Å². The first-order chi connectivity index (χ1) is 25.4. The van der Waals surface area contributed by atoms with Crippen molar-refractivity contribution in [2.24, 2.45) is 14.1 Å². The third-order valence-corrected chi connectivity index (χ3v) is 12.2. The van der Waals surface area contributed by atoms with Gasteiger partial charge in [-0.2, -0.15) is 10.2 Å². The number of halogens is 2. The number of benzene rings is 2. The lowest BCUT2D eigenvalue weighted by Gasteiger charge is -2.19. The van der Waals surface area contributed by atoms with Crippen LogP contribution in [0.2, 0.25) is 10.0 Å². The molecule has 2 unspecified atom stereocenters. The fraction of sp³-hybridized carbons (Fsp3) is 0.250. The van der Waals surface area contributed by atoms with E-state index in [4.69, 9.17) is 33.4 Å². The third kappa shape index (κ3) is 7.35. The number of hydrogen-bond donors (Lipinski definition) is 2. The number of anilines is 2. The van der Waals surface area contributed by atoms with Crippen molar-refractivity contribution < 1.29 is 0 Å². The summed E-state index contributed by atoms with van der Waals surface area (Å²) in [5, 5.41) is 18.5. The molecule has 0 aliphatic carbocycles. The Hall–Kier alpha value is -4.22. The molecule has 6 heterocycles. The van der Waals surface area contributed by atoms with E-state index in [1.54, 1.807) is 6.20 Å². The molecule has 0 saturated carbocycles. The number of hydrogen-bond acceptors (Lipinski definition) is 8. The smallest absolute Gasteiger partial charge is 0.129 e. The van der Waals surface area contributed by atoms with E-state index in [9.17, 15) is 0 Å². The lowest BCUT2D eigenvalue weighted by molar-refractivity contribution is 0.773. The van der Waals surface area contributed by atoms with E-state index in [0.717, 1.165) is 81.0 Å². The first-order valence-electron chi connectivity index (χ1n) is 17.3. The summed E-state index contributed by atoms with van der Waals surface area (Å²) in [7, 11) is 3.97. The van der Waals surface area contributed by atoms with Gasteiger partial charge >= 0.3 is 0 Å². The number of fused-ring (bicyclic) bond motifs is 2. The molecule has 0 fully saturated rings. The molecule has 2 aliphatic rings. The minimum Gasteiger partial charge on any atom is -0.369 e. The first-order valence-corrected chi connectivity index (χ1v) is 20.1. The molecule has 2 atom stereocenters. The molecular weight excluding hydrogens is 728 g/mol. The average molecular weight is 768 g/mol. The van der Waals surface area contributed by atoms with Gasteiger partial charge in [0.15, 0.2) is 0 Å². The number of thioether (sulfide) groups is 2. The fourth-order valence-corrected chi connectivity index (χ4v) is 9.70. The zero-order valence-electron chi connectivity index (χ0n) is 29.3. The second-order valence-corrected chi connectivity index (χ2v) is 15.7. The van der Waals surface area contributed by atoms with E-state index >= 15 is 0 Å². The van der Waals surface area contributed by atoms with Crippen LogP contribution in [0.15, 0.2) is 91.8 Å². The molecule has 4 aromatic heterocycles. The molecule has 0 radical (unpaired) electrons. The summed E-state index contributed by atoms with van der Waals surface area (Å²) in [5.74, 6) is 4.16. The Morgan fingerprint density at radius 3 is 1.77 bits per heavy atom. The van der Waals surface area contributed by atoms with Gasteiger partial charge in [-0.15, -0.1) is 23.5 Å². The van der Waals surface area contributed by atoms with Crippen LogP contribution in [-0.4, -0.2) is 54.1 Å². The summed E-state index contributed by atoms with van der Waals surface area (Å²) >= 11 is 16.3. The highest BCUT2D eigenvalue weighted by molar-refractivity contribution is 8.00. The lowest BCUT2D eigenvalue weighted by atomic mass is 9.96. The highest BCUT2D eigenvalue weighted by Gasteiger charge is 2.32. The fourth-order valence-electron chi connectivity index (χ4n) is 6.83. The van der Waals surface area contributed by atoms with Gasteiger partial charge in [0, 0.05) is 72.3 Å². The van der Waals surface area contributed by atoms with E-state index in [-0.39, 0.29) is 10.5 Å². The monoisotopic (exact) mass is 766 g/mol. The van der Waals surface area contributed by atoms with Crippen molar-refractivity contribution >= 4 is 64.4 Å². The molecular formula is C40H40Cl2N8S2. The summed E-state index contributed by atoms with van der Waals surface area (Å²) in [4.78, 5) is 9.08. The quantitative estimate of drug-likeness (QED) is 0.173. The SMILES string of the molecule is C=Cc1cc(Cl)ccc1C1SCCNc2c1c(-c1ccccn1)nn2C.CCc1cc(Cl)ccc1C1SCCNc2c1c(-c1ccccn1)nn2C. The van der Waals surface area contributed by atoms with Crippen LogP contribution in [0, 0.1) is 0 Å². The van der Waals surface area contributed by atoms with Gasteiger partial charge in [0.2, 0.25) is 0 Å². The van der Waals surface area contributed by atoms with Crippen LogP contribution in [0.5, 0.6) is 0 Å². The van der Waals surface area contributed by atoms with Crippen molar-refractivity contribution in [3.8, 4) is 22.8 Å². The van der Waals surface area contributed by atoms with Gasteiger partial charge in [-0.3, -0.25) is 19.3 Å². The van der Waals surface area contributed by atoms with Crippen molar-refractivity contribution in [2.45, 2.75) is 23.8 Å². The maximum absolute atomic E-state index is 6.25. The average Bonchev–Trinajstić information content (AvgIpc) is 3.45. The molecule has 8 nitrogen and oxygen atoms in total. The van der Waals surface area contributed by atoms with Gasteiger partial charge in [-0.1, -0.05) is 67.0 Å². The van der Waals surface area contributed by atoms with E-state index < -0.39 is 0 Å². The molecule has 52 heavy (non-hydrogen) atoms. The van der Waals surface area contributed by atoms with Gasteiger partial charge < -0.3 is 10.6 Å². The van der Waals surface area contributed by atoms with Crippen molar-refractivity contribution in [3.05, 3.63) is 135 Å². The van der Waals surface area contributed by atoms with Crippen LogP contribution in [-0.2, 0) is 20.5 Å². The zero-order chi connectivity index (χ0) is 36.2. The molecule has 0 saturated heterocycles. The Bertz CT molecular complexity index is 2190. The minimum absolute atomic E-state index is 0.135. The van der Waals surface area contributed by atoms with Crippen molar-refractivity contribution in [1.29, 1.82) is 0 Å². The molecule has 266 valence electrons. The number of nitrogens with one attached hydrogen (secondary N) is 2. The van der Waals surface area contributed by atoms with E-state index in [1.165, 1.54) is 27.8 Å². The van der Waals surface area contributed by atoms with Crippen molar-refractivity contribution in [3.63, 3.8) is 0 Å². The van der Waals surface area contributed by atoms with Gasteiger partial charge in [0.25, 0.3) is 0 Å². The number of aromatic nitrogens is 6. The number of pyridine rings is 2. The molecule has 2 N–H and O–H groups in total. The highest BCUT2D eigenvalue weighted by Crippen LogP contribution is 2.48. The Balaban J connectivity index is 0.000000162. The maximum atomic E-state index is 6.25. The van der Waals surface area contributed by atoms with Crippen molar-refractivity contribution in [2.75, 3.05) is 35.2 Å². The van der Waals surface area contributed by atoms with Gasteiger partial charge in [-0.05, 0) is 77.2 Å². The minimum atomic E-state index is 0.135. The Morgan fingerprint density at radius 2 is 1.27 bits per heavy atom. The number of nitrogens with zero attached hydrogens (tertiary/aromatic N) is 6. The summed E-state index contributed by atoms with van der Waals surface area (Å²) in [6.07, 6.45) is 6.45. The molecule has 0 spiro atoms. The summed E-state index contributed by atoms with van der Waals surface area (Å²) < 4.78 is 3.86. The molecule has 2 aliphatic heterocycles. The maximum Gasteiger partial charge on any atom is 0.129 e. The third-order valence-electron chi connectivity index (χ3n) is 9.18. The van der Waals surface area contributed by atoms with Gasteiger partial charge in [-0.25, -0.2) is 0 Å². The van der Waals surface area contributed by atoms with E-state index in [0.29, 0.717) is 0 Å². The Kier molecular flexibility index (Phi) is 11.3. The Morgan fingerprint density at radius 1 is 0.750 bits per heavy atom. The predicted octanol–water partition coefficient (Wildman–Crippen LogP) is 9.97. The standard InChI is InChI=1S/C20H21ClN4S.C20H19ClN4S/c2*1-3-13-12-14(21)7-8-15(13)19-17-18(16-6-4-5-9-22-16)24-25(2)20(17)23-10-11-26-19/h4-9,12,19,23H,3,10-11H2,1-2H3;3-9,12,19,23H,1,10-11H2,2H3. The normalized spacial score (nSPS) is 16.6. The van der Waals surface area contributed by atoms with E-state index in [2.05, 4.69) is 52.3 Å². The van der Waals surface area contributed by atoms with Crippen LogP contribution < -0.4 is 10.6 Å². The van der Waals surface area contributed by atoms with Crippen LogP contribution in [0.1, 0.15) is 50.8 Å². The van der Waals surface area contributed by atoms with Crippen LogP contribution in [0.3, 0.4) is 0 Å². The van der Waals surface area contributed by atoms with Crippen LogP contribution in [0.4, 0.5) is 11.6 Å². The summed E-state index contributed by atoms with van der Waals surface area (Å²) in [6.45, 7) is 7.97. The summed E-state index contributed by atoms with van der Waals surface area (Å²) in [6, 6.07) is 24.2. The first kappa shape index (κ1) is 36.2. The topological polar surface area (TPSA) is 85.5 Å². The lowest BCUT2D eigenvalue weighted by Crippen LogP contribution is -2.06. The molecule has 6 aromatic rings. The predicted molar refractivity (Wildman–Crippen MR) is 221 cm³/mol. The number of rotatable bonds is 6. The largest absolute Gasteiger partial charge is 0.369 e. The van der Waals surface area contributed by atoms with E-state index in [1.807, 2.05) is 114 Å². The highest BCUT2D eigenvalue weighted by atomic mass is 35.5. The number of aryl methyl sites for hydroxylation is 3. The Labute approximate surface area is 323 Å². The summed E-state index contributed by atoms with van der Waals surface area (Å²) in [5.41, 5.74) is 10.9. The second kappa shape index (κ2) is 16.2. The van der Waals surface area contributed by atoms with Gasteiger partial charge in [0.05, 0.1) is 21.9 Å². The zero-order valence-corrected chi connectivity index (χ0v) is 32.5. The second-order valence-electron chi connectivity index (χ2n) is 12.4. The molecule has 2 aromatic carbocycles. The molecule has 12 heteroatoms. The van der Waals surface area contributed by atoms with Crippen LogP contribution >= 0.6 is 46.7 Å². The molecule has 8 rings (SSSR count). The van der Waals surface area contributed by atoms with Gasteiger partial charge in [0.1, 0.15) is 23.0 Å². The van der Waals surface area contributed by atoms with Crippen LogP contribution in [0.25, 0.3) is 28.9 Å². The molecule has 0 bridgehead atoms.